The average molecular weight is 355 g/mol. The molecule has 1 fully saturated rings. The minimum Gasteiger partial charge on any atom is -0.339 e. The second kappa shape index (κ2) is 8.16. The summed E-state index contributed by atoms with van der Waals surface area (Å²) in [6, 6.07) is 13.4. The van der Waals surface area contributed by atoms with Crippen molar-refractivity contribution in [2.24, 2.45) is 0 Å². The van der Waals surface area contributed by atoms with Crippen molar-refractivity contribution in [1.29, 1.82) is 0 Å². The fraction of sp³-hybridized carbons (Fsp3) is 0.316. The van der Waals surface area contributed by atoms with Gasteiger partial charge < -0.3 is 9.80 Å². The largest absolute Gasteiger partial charge is 0.339 e. The first-order valence-corrected chi connectivity index (χ1v) is 9.51. The Bertz CT molecular complexity index is 726. The van der Waals surface area contributed by atoms with Gasteiger partial charge in [-0.25, -0.2) is 0 Å². The van der Waals surface area contributed by atoms with E-state index >= 15 is 0 Å². The maximum Gasteiger partial charge on any atom is 0.272 e. The molecule has 0 spiro atoms. The zero-order valence-corrected chi connectivity index (χ0v) is 15.0. The van der Waals surface area contributed by atoms with Gasteiger partial charge in [0.1, 0.15) is 5.69 Å². The molecule has 1 aromatic heterocycles. The van der Waals surface area contributed by atoms with Crippen LogP contribution in [0.4, 0.5) is 0 Å². The molecule has 1 aliphatic rings. The third-order valence-corrected chi connectivity index (χ3v) is 5.06. The number of aromatic nitrogens is 1. The third-order valence-electron chi connectivity index (χ3n) is 4.32. The van der Waals surface area contributed by atoms with Gasteiger partial charge in [-0.15, -0.1) is 11.8 Å². The van der Waals surface area contributed by atoms with Gasteiger partial charge in [-0.05, 0) is 36.1 Å². The first-order chi connectivity index (χ1) is 12.2. The number of rotatable bonds is 4. The molecule has 0 saturated carbocycles. The second-order valence-electron chi connectivity index (χ2n) is 5.91. The minimum atomic E-state index is -0.0691. The topological polar surface area (TPSA) is 53.5 Å². The number of hydrogen-bond acceptors (Lipinski definition) is 4. The summed E-state index contributed by atoms with van der Waals surface area (Å²) < 4.78 is 0. The number of benzene rings is 1. The molecule has 2 amide bonds. The van der Waals surface area contributed by atoms with Gasteiger partial charge in [0.05, 0.1) is 6.42 Å². The Balaban J connectivity index is 1.53. The van der Waals surface area contributed by atoms with Crippen molar-refractivity contribution in [1.82, 2.24) is 14.8 Å². The Morgan fingerprint density at radius 3 is 2.28 bits per heavy atom. The molecule has 5 nitrogen and oxygen atoms in total. The number of thioether (sulfide) groups is 1. The Morgan fingerprint density at radius 1 is 1.00 bits per heavy atom. The highest BCUT2D eigenvalue weighted by atomic mass is 32.2. The van der Waals surface area contributed by atoms with Crippen LogP contribution in [0.25, 0.3) is 0 Å². The van der Waals surface area contributed by atoms with E-state index in [9.17, 15) is 9.59 Å². The standard InChI is InChI=1S/C19H21N3O2S/c1-25-16-7-5-15(6-8-16)14-18(23)21-10-12-22(13-11-21)19(24)17-4-2-3-9-20-17/h2-9H,10-14H2,1H3. The van der Waals surface area contributed by atoms with Crippen LogP contribution in [0, 0.1) is 0 Å². The summed E-state index contributed by atoms with van der Waals surface area (Å²) in [6.45, 7) is 2.24. The molecule has 130 valence electrons. The van der Waals surface area contributed by atoms with Crippen LogP contribution < -0.4 is 0 Å². The monoisotopic (exact) mass is 355 g/mol. The summed E-state index contributed by atoms with van der Waals surface area (Å²) in [5, 5.41) is 0. The molecule has 1 aromatic carbocycles. The molecule has 0 aliphatic carbocycles. The molecule has 0 bridgehead atoms. The lowest BCUT2D eigenvalue weighted by molar-refractivity contribution is -0.131. The Labute approximate surface area is 152 Å². The summed E-state index contributed by atoms with van der Waals surface area (Å²) in [4.78, 5) is 33.8. The Morgan fingerprint density at radius 2 is 1.68 bits per heavy atom. The Kier molecular flexibility index (Phi) is 5.71. The number of carbonyl (C=O) groups is 2. The zero-order chi connectivity index (χ0) is 17.6. The fourth-order valence-electron chi connectivity index (χ4n) is 2.84. The van der Waals surface area contributed by atoms with Crippen molar-refractivity contribution in [2.45, 2.75) is 11.3 Å². The van der Waals surface area contributed by atoms with Gasteiger partial charge >= 0.3 is 0 Å². The molecule has 25 heavy (non-hydrogen) atoms. The highest BCUT2D eigenvalue weighted by Gasteiger charge is 2.25. The van der Waals surface area contributed by atoms with Crippen molar-refractivity contribution in [3.05, 3.63) is 59.9 Å². The summed E-state index contributed by atoms with van der Waals surface area (Å²) in [5.74, 6) is 0.0437. The third kappa shape index (κ3) is 4.39. The predicted molar refractivity (Wildman–Crippen MR) is 98.6 cm³/mol. The van der Waals surface area contributed by atoms with Gasteiger partial charge in [-0.3, -0.25) is 14.6 Å². The quantitative estimate of drug-likeness (QED) is 0.790. The summed E-state index contributed by atoms with van der Waals surface area (Å²) in [5.41, 5.74) is 1.48. The van der Waals surface area contributed by atoms with E-state index in [4.69, 9.17) is 0 Å². The highest BCUT2D eigenvalue weighted by Crippen LogP contribution is 2.16. The number of amides is 2. The maximum absolute atomic E-state index is 12.5. The van der Waals surface area contributed by atoms with E-state index in [-0.39, 0.29) is 11.8 Å². The molecule has 0 N–H and O–H groups in total. The number of hydrogen-bond donors (Lipinski definition) is 0. The molecule has 0 atom stereocenters. The van der Waals surface area contributed by atoms with Crippen LogP contribution in [0.15, 0.2) is 53.6 Å². The number of carbonyl (C=O) groups excluding carboxylic acids is 2. The van der Waals surface area contributed by atoms with Gasteiger partial charge in [-0.1, -0.05) is 18.2 Å². The maximum atomic E-state index is 12.5. The fourth-order valence-corrected chi connectivity index (χ4v) is 3.25. The Hall–Kier alpha value is -2.34. The molecule has 1 saturated heterocycles. The van der Waals surface area contributed by atoms with E-state index in [2.05, 4.69) is 4.98 Å². The minimum absolute atomic E-state index is 0.0691. The van der Waals surface area contributed by atoms with Crippen LogP contribution in [-0.2, 0) is 11.2 Å². The lowest BCUT2D eigenvalue weighted by Crippen LogP contribution is -2.51. The summed E-state index contributed by atoms with van der Waals surface area (Å²) >= 11 is 1.69. The number of pyridine rings is 1. The van der Waals surface area contributed by atoms with E-state index in [0.29, 0.717) is 38.3 Å². The van der Waals surface area contributed by atoms with E-state index < -0.39 is 0 Å². The van der Waals surface area contributed by atoms with Crippen molar-refractivity contribution in [3.8, 4) is 0 Å². The smallest absolute Gasteiger partial charge is 0.272 e. The van der Waals surface area contributed by atoms with Crippen LogP contribution >= 0.6 is 11.8 Å². The van der Waals surface area contributed by atoms with Crippen molar-refractivity contribution in [2.75, 3.05) is 32.4 Å². The van der Waals surface area contributed by atoms with Crippen LogP contribution in [0.2, 0.25) is 0 Å². The van der Waals surface area contributed by atoms with Crippen LogP contribution in [0.3, 0.4) is 0 Å². The van der Waals surface area contributed by atoms with E-state index in [1.54, 1.807) is 35.0 Å². The van der Waals surface area contributed by atoms with Gasteiger partial charge in [0, 0.05) is 37.3 Å². The molecule has 6 heteroatoms. The van der Waals surface area contributed by atoms with Gasteiger partial charge in [0.2, 0.25) is 5.91 Å². The molecular formula is C19H21N3O2S. The SMILES string of the molecule is CSc1ccc(CC(=O)N2CCN(C(=O)c3ccccn3)CC2)cc1. The van der Waals surface area contributed by atoms with Crippen molar-refractivity contribution >= 4 is 23.6 Å². The van der Waals surface area contributed by atoms with Crippen LogP contribution in [0.5, 0.6) is 0 Å². The predicted octanol–water partition coefficient (Wildman–Crippen LogP) is 2.33. The first kappa shape index (κ1) is 17.5. The van der Waals surface area contributed by atoms with Gasteiger partial charge in [0.15, 0.2) is 0 Å². The van der Waals surface area contributed by atoms with Crippen LogP contribution in [-0.4, -0.2) is 59.0 Å². The molecular weight excluding hydrogens is 334 g/mol. The van der Waals surface area contributed by atoms with Crippen molar-refractivity contribution in [3.63, 3.8) is 0 Å². The van der Waals surface area contributed by atoms with Gasteiger partial charge in [-0.2, -0.15) is 0 Å². The van der Waals surface area contributed by atoms with E-state index in [1.807, 2.05) is 41.5 Å². The molecule has 1 aliphatic heterocycles. The lowest BCUT2D eigenvalue weighted by atomic mass is 10.1. The zero-order valence-electron chi connectivity index (χ0n) is 14.2. The molecule has 2 aromatic rings. The number of piperazine rings is 1. The van der Waals surface area contributed by atoms with E-state index in [1.165, 1.54) is 4.90 Å². The normalized spacial score (nSPS) is 14.4. The average Bonchev–Trinajstić information content (AvgIpc) is 2.69. The van der Waals surface area contributed by atoms with Crippen molar-refractivity contribution < 1.29 is 9.59 Å². The molecule has 0 radical (unpaired) electrons. The number of nitrogens with zero attached hydrogens (tertiary/aromatic N) is 3. The molecule has 2 heterocycles. The molecule has 3 rings (SSSR count). The molecule has 0 unspecified atom stereocenters. The summed E-state index contributed by atoms with van der Waals surface area (Å²) in [6.07, 6.45) is 4.06. The first-order valence-electron chi connectivity index (χ1n) is 8.28. The lowest BCUT2D eigenvalue weighted by Gasteiger charge is -2.34. The summed E-state index contributed by atoms with van der Waals surface area (Å²) in [7, 11) is 0. The second-order valence-corrected chi connectivity index (χ2v) is 6.79. The highest BCUT2D eigenvalue weighted by molar-refractivity contribution is 7.98. The van der Waals surface area contributed by atoms with Gasteiger partial charge in [0.25, 0.3) is 5.91 Å². The van der Waals surface area contributed by atoms with E-state index in [0.717, 1.165) is 5.56 Å². The van der Waals surface area contributed by atoms with Crippen LogP contribution in [0.1, 0.15) is 16.1 Å².